The molecule has 2 atom stereocenters. The third-order valence-corrected chi connectivity index (χ3v) is 5.98. The Bertz CT molecular complexity index is 1010. The molecular weight excluding hydrogens is 390 g/mol. The van der Waals surface area contributed by atoms with Crippen LogP contribution < -0.4 is 20.8 Å². The van der Waals surface area contributed by atoms with Crippen molar-refractivity contribution in [3.05, 3.63) is 64.7 Å². The average Bonchev–Trinajstić information content (AvgIpc) is 2.93. The number of aryl methyl sites for hydroxylation is 1. The molecule has 0 aromatic heterocycles. The molecule has 0 aliphatic carbocycles. The molecule has 0 spiro atoms. The molecule has 2 aromatic rings. The molecule has 2 aromatic carbocycles. The minimum atomic E-state index is -2.03. The minimum Gasteiger partial charge on any atom is -0.457 e. The number of likely N-dealkylation sites (N-methyl/N-ethyl adjacent to an activating group) is 1. The van der Waals surface area contributed by atoms with Gasteiger partial charge in [-0.2, -0.15) is 4.39 Å². The number of rotatable bonds is 6. The summed E-state index contributed by atoms with van der Waals surface area (Å²) in [4.78, 5) is 18.0. The average molecular weight is 416 g/mol. The zero-order valence-electron chi connectivity index (χ0n) is 17.0. The maximum atomic E-state index is 13.4. The van der Waals surface area contributed by atoms with E-state index in [9.17, 15) is 13.6 Å². The van der Waals surface area contributed by atoms with E-state index >= 15 is 0 Å². The van der Waals surface area contributed by atoms with E-state index in [1.807, 2.05) is 12.1 Å². The summed E-state index contributed by atoms with van der Waals surface area (Å²) in [6.07, 6.45) is -2.03. The standard InChI is InChI=1S/C22H24F2N4O2/c1-13-8-17(6-7-18(13)30-19(24)10-23)22(20(29)28(2)21(25)27-22)16-5-3-4-14(9-16)15-11-26-12-15/h3-9,15,19,26H,10-12H2,1-2H3,(H2,25,27)/p+2. The van der Waals surface area contributed by atoms with Crippen LogP contribution in [0.1, 0.15) is 28.2 Å². The third-order valence-electron chi connectivity index (χ3n) is 5.98. The first-order valence-electron chi connectivity index (χ1n) is 9.95. The summed E-state index contributed by atoms with van der Waals surface area (Å²) in [5, 5.41) is 2.24. The molecular formula is C22H26F2N4O2+2. The van der Waals surface area contributed by atoms with Gasteiger partial charge in [-0.3, -0.25) is 15.5 Å². The molecule has 6 nitrogen and oxygen atoms in total. The van der Waals surface area contributed by atoms with Crippen LogP contribution in [0.15, 0.2) is 42.5 Å². The van der Waals surface area contributed by atoms with Crippen LogP contribution in [-0.4, -0.2) is 49.9 Å². The van der Waals surface area contributed by atoms with Gasteiger partial charge in [0.05, 0.1) is 26.1 Å². The predicted molar refractivity (Wildman–Crippen MR) is 107 cm³/mol. The zero-order chi connectivity index (χ0) is 21.5. The Labute approximate surface area is 173 Å². The topological polar surface area (TPSA) is 86.1 Å². The number of quaternary nitrogens is 1. The van der Waals surface area contributed by atoms with Gasteiger partial charge < -0.3 is 10.1 Å². The summed E-state index contributed by atoms with van der Waals surface area (Å²) < 4.78 is 30.9. The van der Waals surface area contributed by atoms with Gasteiger partial charge in [-0.25, -0.2) is 9.29 Å². The van der Waals surface area contributed by atoms with Gasteiger partial charge in [-0.05, 0) is 30.2 Å². The fourth-order valence-electron chi connectivity index (χ4n) is 4.06. The molecule has 0 bridgehead atoms. The van der Waals surface area contributed by atoms with Gasteiger partial charge >= 0.3 is 11.9 Å². The lowest BCUT2D eigenvalue weighted by molar-refractivity contribution is -0.712. The molecule has 1 amide bonds. The fourth-order valence-corrected chi connectivity index (χ4v) is 4.06. The number of hydrogen-bond acceptors (Lipinski definition) is 3. The number of guanidine groups is 1. The summed E-state index contributed by atoms with van der Waals surface area (Å²) in [5.74, 6) is 0.727. The fraction of sp³-hybridized carbons (Fsp3) is 0.364. The van der Waals surface area contributed by atoms with Crippen LogP contribution in [0.25, 0.3) is 0 Å². The van der Waals surface area contributed by atoms with Crippen molar-refractivity contribution in [2.75, 3.05) is 26.8 Å². The van der Waals surface area contributed by atoms with Crippen molar-refractivity contribution in [1.82, 2.24) is 4.90 Å². The number of benzene rings is 2. The normalized spacial score (nSPS) is 22.6. The first-order valence-corrected chi connectivity index (χ1v) is 9.95. The maximum absolute atomic E-state index is 13.4. The lowest BCUT2D eigenvalue weighted by Gasteiger charge is -2.27. The molecule has 158 valence electrons. The summed E-state index contributed by atoms with van der Waals surface area (Å²) in [7, 11) is 1.62. The first-order chi connectivity index (χ1) is 14.4. The lowest BCUT2D eigenvalue weighted by Crippen LogP contribution is -2.95. The van der Waals surface area contributed by atoms with Crippen molar-refractivity contribution >= 4 is 11.9 Å². The van der Waals surface area contributed by atoms with E-state index in [0.29, 0.717) is 17.0 Å². The number of halogens is 2. The second-order valence-electron chi connectivity index (χ2n) is 7.87. The van der Waals surface area contributed by atoms with Gasteiger partial charge in [0.15, 0.2) is 6.67 Å². The number of nitrogens with one attached hydrogen (secondary N) is 1. The molecule has 1 fully saturated rings. The molecule has 30 heavy (non-hydrogen) atoms. The van der Waals surface area contributed by atoms with Crippen LogP contribution in [0.3, 0.4) is 0 Å². The first kappa shape index (κ1) is 20.3. The van der Waals surface area contributed by atoms with Crippen LogP contribution in [0.2, 0.25) is 0 Å². The summed E-state index contributed by atoms with van der Waals surface area (Å²) in [5.41, 5.74) is 8.09. The van der Waals surface area contributed by atoms with Crippen LogP contribution in [0.5, 0.6) is 5.75 Å². The van der Waals surface area contributed by atoms with Gasteiger partial charge in [0.25, 0.3) is 6.36 Å². The molecule has 2 unspecified atom stereocenters. The highest BCUT2D eigenvalue weighted by atomic mass is 19.2. The van der Waals surface area contributed by atoms with E-state index in [2.05, 4.69) is 22.4 Å². The van der Waals surface area contributed by atoms with E-state index in [1.165, 1.54) is 10.5 Å². The number of carbonyl (C=O) groups is 1. The van der Waals surface area contributed by atoms with Gasteiger partial charge in [-0.15, -0.1) is 0 Å². The summed E-state index contributed by atoms with van der Waals surface area (Å²) in [6.45, 7) is 2.55. The van der Waals surface area contributed by atoms with E-state index in [-0.39, 0.29) is 17.6 Å². The molecule has 2 aliphatic heterocycles. The zero-order valence-corrected chi connectivity index (χ0v) is 17.0. The molecule has 5 N–H and O–H groups in total. The second-order valence-corrected chi connectivity index (χ2v) is 7.87. The molecule has 1 saturated heterocycles. The number of hydrogen-bond donors (Lipinski definition) is 3. The van der Waals surface area contributed by atoms with Crippen molar-refractivity contribution < 1.29 is 28.6 Å². The van der Waals surface area contributed by atoms with Crippen molar-refractivity contribution in [3.63, 3.8) is 0 Å². The molecule has 0 saturated carbocycles. The van der Waals surface area contributed by atoms with Gasteiger partial charge in [-0.1, -0.05) is 30.3 Å². The Morgan fingerprint density at radius 3 is 2.60 bits per heavy atom. The van der Waals surface area contributed by atoms with Crippen LogP contribution in [0, 0.1) is 6.92 Å². The van der Waals surface area contributed by atoms with Crippen LogP contribution in [-0.2, 0) is 10.3 Å². The highest BCUT2D eigenvalue weighted by Gasteiger charge is 2.54. The Kier molecular flexibility index (Phi) is 5.19. The number of nitrogens with zero attached hydrogens (tertiary/aromatic N) is 1. The predicted octanol–water partition coefficient (Wildman–Crippen LogP) is -0.590. The van der Waals surface area contributed by atoms with Crippen LogP contribution in [0.4, 0.5) is 8.78 Å². The SMILES string of the molecule is Cc1cc(C2(c3cccc(C4C[NH2+]C4)c3)[NH+]=C(N)N(C)C2=O)ccc1OC(F)CF. The smallest absolute Gasteiger partial charge is 0.352 e. The van der Waals surface area contributed by atoms with E-state index in [1.54, 1.807) is 32.2 Å². The molecule has 0 radical (unpaired) electrons. The van der Waals surface area contributed by atoms with Crippen molar-refractivity contribution in [3.8, 4) is 5.75 Å². The summed E-state index contributed by atoms with van der Waals surface area (Å²) >= 11 is 0. The molecule has 8 heteroatoms. The van der Waals surface area contributed by atoms with Crippen molar-refractivity contribution in [2.24, 2.45) is 5.73 Å². The number of nitrogens with two attached hydrogens (primary N) is 2. The van der Waals surface area contributed by atoms with Gasteiger partial charge in [0.2, 0.25) is 5.54 Å². The van der Waals surface area contributed by atoms with E-state index < -0.39 is 18.6 Å². The number of alkyl halides is 2. The Balaban J connectivity index is 1.83. The Morgan fingerprint density at radius 2 is 2.03 bits per heavy atom. The largest absolute Gasteiger partial charge is 0.457 e. The third kappa shape index (κ3) is 3.21. The number of carbonyl (C=O) groups excluding carboxylic acids is 1. The number of amides is 1. The number of ether oxygens (including phenoxy) is 1. The molecule has 4 rings (SSSR count). The van der Waals surface area contributed by atoms with Crippen molar-refractivity contribution in [1.29, 1.82) is 0 Å². The van der Waals surface area contributed by atoms with Gasteiger partial charge in [0, 0.05) is 11.1 Å². The molecule has 2 aliphatic rings. The Hall–Kier alpha value is -3.00. The van der Waals surface area contributed by atoms with E-state index in [4.69, 9.17) is 10.5 Å². The van der Waals surface area contributed by atoms with E-state index in [0.717, 1.165) is 18.7 Å². The quantitative estimate of drug-likeness (QED) is 0.589. The Morgan fingerprint density at radius 1 is 1.30 bits per heavy atom. The highest BCUT2D eigenvalue weighted by molar-refractivity contribution is 6.03. The monoisotopic (exact) mass is 416 g/mol. The lowest BCUT2D eigenvalue weighted by atomic mass is 9.80. The van der Waals surface area contributed by atoms with Crippen LogP contribution >= 0.6 is 0 Å². The molecule has 2 heterocycles. The highest BCUT2D eigenvalue weighted by Crippen LogP contribution is 2.34. The summed E-state index contributed by atoms with van der Waals surface area (Å²) in [6, 6.07) is 13.0. The minimum absolute atomic E-state index is 0.211. The van der Waals surface area contributed by atoms with Gasteiger partial charge in [0.1, 0.15) is 5.75 Å². The maximum Gasteiger partial charge on any atom is 0.352 e. The van der Waals surface area contributed by atoms with Crippen molar-refractivity contribution in [2.45, 2.75) is 24.7 Å². The second kappa shape index (κ2) is 7.68.